The Morgan fingerprint density at radius 2 is 1.93 bits per heavy atom. The summed E-state index contributed by atoms with van der Waals surface area (Å²) in [6.07, 6.45) is 2.97. The highest BCUT2D eigenvalue weighted by Crippen LogP contribution is 2.49. The summed E-state index contributed by atoms with van der Waals surface area (Å²) in [7, 11) is 3.16. The topological polar surface area (TPSA) is 93.3 Å². The van der Waals surface area contributed by atoms with Gasteiger partial charge in [-0.05, 0) is 36.3 Å². The average Bonchev–Trinajstić information content (AvgIpc) is 2.70. The monoisotopic (exact) mass is 427 g/mol. The number of benzene rings is 1. The number of methoxy groups -OCH3 is 2. The zero-order valence-electron chi connectivity index (χ0n) is 17.7. The quantitative estimate of drug-likeness (QED) is 0.567. The van der Waals surface area contributed by atoms with Crippen LogP contribution in [0.1, 0.15) is 43.7 Å². The number of Topliss-reactive ketones (excluding diaryl/α,β-unsaturated/α-hetero) is 1. The van der Waals surface area contributed by atoms with Gasteiger partial charge in [0.1, 0.15) is 17.3 Å². The van der Waals surface area contributed by atoms with Gasteiger partial charge in [0.15, 0.2) is 10.9 Å². The van der Waals surface area contributed by atoms with Crippen molar-refractivity contribution in [2.75, 3.05) is 25.8 Å². The molecule has 1 aromatic heterocycles. The van der Waals surface area contributed by atoms with Crippen molar-refractivity contribution in [3.8, 4) is 11.5 Å². The minimum atomic E-state index is -0.586. The van der Waals surface area contributed by atoms with Crippen LogP contribution in [-0.4, -0.2) is 36.2 Å². The Morgan fingerprint density at radius 3 is 2.60 bits per heavy atom. The van der Waals surface area contributed by atoms with Gasteiger partial charge < -0.3 is 19.8 Å². The van der Waals surface area contributed by atoms with Crippen LogP contribution in [0.2, 0.25) is 0 Å². The molecule has 8 heteroatoms. The van der Waals surface area contributed by atoms with E-state index in [9.17, 15) is 9.59 Å². The number of nitrogens with zero attached hydrogens (tertiary/aromatic N) is 1. The molecule has 2 aromatic rings. The van der Waals surface area contributed by atoms with Gasteiger partial charge in [0.25, 0.3) is 5.56 Å². The molecular formula is C22H25N3O4S. The number of H-pyrrole nitrogens is 1. The summed E-state index contributed by atoms with van der Waals surface area (Å²) in [6.45, 7) is 4.15. The molecule has 1 aliphatic carbocycles. The molecule has 0 saturated carbocycles. The van der Waals surface area contributed by atoms with Gasteiger partial charge >= 0.3 is 0 Å². The van der Waals surface area contributed by atoms with E-state index in [0.29, 0.717) is 52.0 Å². The highest BCUT2D eigenvalue weighted by molar-refractivity contribution is 7.98. The predicted octanol–water partition coefficient (Wildman–Crippen LogP) is 3.71. The molecule has 2 aliphatic rings. The molecule has 30 heavy (non-hydrogen) atoms. The predicted molar refractivity (Wildman–Crippen MR) is 117 cm³/mol. The number of ketones is 1. The van der Waals surface area contributed by atoms with Crippen LogP contribution in [0.15, 0.2) is 39.4 Å². The molecular weight excluding hydrogens is 402 g/mol. The fourth-order valence-electron chi connectivity index (χ4n) is 4.37. The fraction of sp³-hybridized carbons (Fsp3) is 0.409. The number of carbonyl (C=O) groups excluding carboxylic acids is 1. The molecule has 0 bridgehead atoms. The molecule has 4 rings (SSSR count). The SMILES string of the molecule is COc1ccc(OC)c([C@H]2C3=C(CC(C)(C)CC3=O)Nc3nc(SC)[nH]c(=O)c32)c1. The van der Waals surface area contributed by atoms with Crippen LogP contribution >= 0.6 is 11.8 Å². The lowest BCUT2D eigenvalue weighted by Gasteiger charge is -2.38. The molecule has 7 nitrogen and oxygen atoms in total. The van der Waals surface area contributed by atoms with Crippen molar-refractivity contribution in [2.45, 2.75) is 37.8 Å². The Morgan fingerprint density at radius 1 is 1.17 bits per heavy atom. The van der Waals surface area contributed by atoms with Crippen LogP contribution < -0.4 is 20.3 Å². The van der Waals surface area contributed by atoms with Crippen LogP contribution in [0.5, 0.6) is 11.5 Å². The van der Waals surface area contributed by atoms with Crippen LogP contribution in [0.4, 0.5) is 5.82 Å². The summed E-state index contributed by atoms with van der Waals surface area (Å²) in [5, 5.41) is 3.83. The van der Waals surface area contributed by atoms with E-state index in [4.69, 9.17) is 9.47 Å². The van der Waals surface area contributed by atoms with Gasteiger partial charge in [-0.15, -0.1) is 0 Å². The maximum Gasteiger partial charge on any atom is 0.257 e. The van der Waals surface area contributed by atoms with Gasteiger partial charge in [-0.3, -0.25) is 9.59 Å². The highest BCUT2D eigenvalue weighted by Gasteiger charge is 2.43. The summed E-state index contributed by atoms with van der Waals surface area (Å²) in [6, 6.07) is 5.42. The Labute approximate surface area is 179 Å². The van der Waals surface area contributed by atoms with E-state index in [0.717, 1.165) is 5.70 Å². The number of nitrogens with one attached hydrogen (secondary N) is 2. The molecule has 0 spiro atoms. The molecule has 2 heterocycles. The number of rotatable bonds is 4. The van der Waals surface area contributed by atoms with Gasteiger partial charge in [0.2, 0.25) is 0 Å². The van der Waals surface area contributed by atoms with Crippen molar-refractivity contribution in [3.63, 3.8) is 0 Å². The lowest BCUT2D eigenvalue weighted by molar-refractivity contribution is -0.118. The first-order valence-corrected chi connectivity index (χ1v) is 10.9. The standard InChI is InChI=1S/C22H25N3O4S/c1-22(2)9-13-17(14(26)10-22)16(12-8-11(28-3)6-7-15(12)29-4)18-19(23-13)24-21(30-5)25-20(18)27/h6-8,16H,9-10H2,1-5H3,(H2,23,24,25,27)/t16-/m0/s1. The Hall–Kier alpha value is -2.74. The van der Waals surface area contributed by atoms with E-state index in [2.05, 4.69) is 29.1 Å². The van der Waals surface area contributed by atoms with E-state index in [-0.39, 0.29) is 16.8 Å². The molecule has 0 radical (unpaired) electrons. The molecule has 1 aliphatic heterocycles. The number of carbonyl (C=O) groups is 1. The maximum absolute atomic E-state index is 13.3. The number of allylic oxidation sites excluding steroid dienone is 2. The second-order valence-electron chi connectivity index (χ2n) is 8.34. The minimum Gasteiger partial charge on any atom is -0.497 e. The zero-order valence-corrected chi connectivity index (χ0v) is 18.5. The van der Waals surface area contributed by atoms with Gasteiger partial charge in [0.05, 0.1) is 25.7 Å². The van der Waals surface area contributed by atoms with Crippen LogP contribution in [0, 0.1) is 5.41 Å². The summed E-state index contributed by atoms with van der Waals surface area (Å²) in [4.78, 5) is 33.9. The molecule has 158 valence electrons. The first-order valence-electron chi connectivity index (χ1n) is 9.71. The third-order valence-corrected chi connectivity index (χ3v) is 6.22. The van der Waals surface area contributed by atoms with Gasteiger partial charge in [-0.2, -0.15) is 0 Å². The first kappa shape index (κ1) is 20.5. The second kappa shape index (κ2) is 7.50. The number of thioether (sulfide) groups is 1. The van der Waals surface area contributed by atoms with Crippen molar-refractivity contribution >= 4 is 23.4 Å². The molecule has 2 N–H and O–H groups in total. The van der Waals surface area contributed by atoms with Gasteiger partial charge in [0, 0.05) is 23.3 Å². The number of fused-ring (bicyclic) bond motifs is 1. The first-order chi connectivity index (χ1) is 14.3. The number of aromatic nitrogens is 2. The Kier molecular flexibility index (Phi) is 5.13. The molecule has 0 amide bonds. The largest absolute Gasteiger partial charge is 0.497 e. The van der Waals surface area contributed by atoms with E-state index >= 15 is 0 Å². The maximum atomic E-state index is 13.3. The van der Waals surface area contributed by atoms with Crippen LogP contribution in [0.25, 0.3) is 0 Å². The zero-order chi connectivity index (χ0) is 21.6. The number of aromatic amines is 1. The molecule has 1 atom stereocenters. The summed E-state index contributed by atoms with van der Waals surface area (Å²) in [5.41, 5.74) is 2.13. The van der Waals surface area contributed by atoms with Crippen LogP contribution in [-0.2, 0) is 4.79 Å². The van der Waals surface area contributed by atoms with E-state index < -0.39 is 5.92 Å². The van der Waals surface area contributed by atoms with Crippen molar-refractivity contribution in [3.05, 3.63) is 50.9 Å². The van der Waals surface area contributed by atoms with Gasteiger partial charge in [-0.1, -0.05) is 25.6 Å². The number of hydrogen-bond donors (Lipinski definition) is 2. The summed E-state index contributed by atoms with van der Waals surface area (Å²) in [5.74, 6) is 1.15. The third-order valence-electron chi connectivity index (χ3n) is 5.64. The smallest absolute Gasteiger partial charge is 0.257 e. The number of hydrogen-bond acceptors (Lipinski definition) is 7. The van der Waals surface area contributed by atoms with Crippen LogP contribution in [0.3, 0.4) is 0 Å². The number of ether oxygens (including phenoxy) is 2. The average molecular weight is 428 g/mol. The lowest BCUT2D eigenvalue weighted by Crippen LogP contribution is -2.37. The second-order valence-corrected chi connectivity index (χ2v) is 9.13. The molecule has 0 fully saturated rings. The van der Waals surface area contributed by atoms with Crippen molar-refractivity contribution in [1.29, 1.82) is 0 Å². The minimum absolute atomic E-state index is 0.0302. The summed E-state index contributed by atoms with van der Waals surface area (Å²) < 4.78 is 11.0. The summed E-state index contributed by atoms with van der Waals surface area (Å²) >= 11 is 1.36. The molecule has 1 aromatic carbocycles. The van der Waals surface area contributed by atoms with E-state index in [1.54, 1.807) is 26.4 Å². The van der Waals surface area contributed by atoms with E-state index in [1.165, 1.54) is 11.8 Å². The Balaban J connectivity index is 2.03. The van der Waals surface area contributed by atoms with Crippen molar-refractivity contribution in [1.82, 2.24) is 9.97 Å². The van der Waals surface area contributed by atoms with Gasteiger partial charge in [-0.25, -0.2) is 4.98 Å². The lowest BCUT2D eigenvalue weighted by atomic mass is 9.69. The van der Waals surface area contributed by atoms with Crippen molar-refractivity contribution in [2.24, 2.45) is 5.41 Å². The highest BCUT2D eigenvalue weighted by atomic mass is 32.2. The normalized spacial score (nSPS) is 19.6. The van der Waals surface area contributed by atoms with Crippen molar-refractivity contribution < 1.29 is 14.3 Å². The molecule has 0 saturated heterocycles. The third kappa shape index (κ3) is 3.39. The molecule has 0 unspecified atom stereocenters. The van der Waals surface area contributed by atoms with E-state index in [1.807, 2.05) is 12.3 Å². The fourth-order valence-corrected chi connectivity index (χ4v) is 4.74. The number of anilines is 1. The Bertz CT molecular complexity index is 1120.